The van der Waals surface area contributed by atoms with E-state index < -0.39 is 17.9 Å². The number of oxazole rings is 1. The molecule has 2 atom stereocenters. The molecule has 3 amide bonds. The highest BCUT2D eigenvalue weighted by Gasteiger charge is 2.28. The Hall–Kier alpha value is -3.20. The van der Waals surface area contributed by atoms with Crippen molar-refractivity contribution in [3.05, 3.63) is 48.2 Å². The highest BCUT2D eigenvalue weighted by atomic mass is 16.5. The van der Waals surface area contributed by atoms with Gasteiger partial charge in [-0.1, -0.05) is 51.8 Å². The summed E-state index contributed by atoms with van der Waals surface area (Å²) >= 11 is 0. The Morgan fingerprint density at radius 1 is 1.26 bits per heavy atom. The van der Waals surface area contributed by atoms with Gasteiger partial charge in [0.25, 0.3) is 5.91 Å². The maximum atomic E-state index is 12.9. The third-order valence-corrected chi connectivity index (χ3v) is 4.82. The van der Waals surface area contributed by atoms with E-state index in [9.17, 15) is 19.6 Å². The molecule has 0 fully saturated rings. The molecule has 9 heteroatoms. The van der Waals surface area contributed by atoms with E-state index in [1.807, 2.05) is 26.8 Å². The molecule has 0 saturated heterocycles. The molecule has 0 aliphatic rings. The van der Waals surface area contributed by atoms with Crippen molar-refractivity contribution in [2.24, 2.45) is 11.8 Å². The van der Waals surface area contributed by atoms with Crippen molar-refractivity contribution in [2.75, 3.05) is 11.9 Å². The second-order valence-corrected chi connectivity index (χ2v) is 7.69. The monoisotopic (exact) mass is 430 g/mol. The van der Waals surface area contributed by atoms with Crippen LogP contribution in [0.25, 0.3) is 0 Å². The van der Waals surface area contributed by atoms with Crippen molar-refractivity contribution < 1.29 is 24.0 Å². The summed E-state index contributed by atoms with van der Waals surface area (Å²) in [6, 6.07) is 8.41. The molecule has 0 aliphatic carbocycles. The normalized spacial score (nSPS) is 12.8. The van der Waals surface area contributed by atoms with E-state index in [2.05, 4.69) is 15.6 Å². The molecule has 1 aromatic carbocycles. The van der Waals surface area contributed by atoms with E-state index in [-0.39, 0.29) is 36.4 Å². The maximum Gasteiger partial charge on any atom is 0.277 e. The molecular weight excluding hydrogens is 400 g/mol. The Kier molecular flexibility index (Phi) is 9.20. The molecule has 0 aliphatic heterocycles. The molecule has 0 spiro atoms. The molecule has 2 rings (SSSR count). The third kappa shape index (κ3) is 7.21. The Balaban J connectivity index is 2.11. The maximum absolute atomic E-state index is 12.9. The average molecular weight is 431 g/mol. The molecule has 2 aromatic rings. The van der Waals surface area contributed by atoms with Crippen molar-refractivity contribution in [3.63, 3.8) is 0 Å². The lowest BCUT2D eigenvalue weighted by atomic mass is 9.98. The van der Waals surface area contributed by atoms with Gasteiger partial charge in [-0.05, 0) is 24.5 Å². The molecule has 0 saturated carbocycles. The van der Waals surface area contributed by atoms with Crippen molar-refractivity contribution in [1.82, 2.24) is 15.4 Å². The van der Waals surface area contributed by atoms with Crippen molar-refractivity contribution in [3.8, 4) is 0 Å². The fourth-order valence-corrected chi connectivity index (χ4v) is 3.06. The fourth-order valence-electron chi connectivity index (χ4n) is 3.06. The van der Waals surface area contributed by atoms with Crippen LogP contribution in [0.3, 0.4) is 0 Å². The van der Waals surface area contributed by atoms with E-state index in [0.29, 0.717) is 17.2 Å². The lowest BCUT2D eigenvalue weighted by Crippen LogP contribution is -2.40. The summed E-state index contributed by atoms with van der Waals surface area (Å²) in [7, 11) is 0. The van der Waals surface area contributed by atoms with Gasteiger partial charge in [-0.3, -0.25) is 19.6 Å². The number of anilines is 1. The smallest absolute Gasteiger partial charge is 0.277 e. The molecule has 3 N–H and O–H groups in total. The molecule has 1 aromatic heterocycles. The molecule has 9 nitrogen and oxygen atoms in total. The molecule has 0 bridgehead atoms. The lowest BCUT2D eigenvalue weighted by molar-refractivity contribution is -0.154. The SMILES string of the molecule is CCCC[C@H](CN(O)C=O)C(=O)N[C@H](c1nc(C(=O)Nc2ccccc2)co1)C(C)C. The van der Waals surface area contributed by atoms with Gasteiger partial charge >= 0.3 is 0 Å². The zero-order valence-corrected chi connectivity index (χ0v) is 18.1. The highest BCUT2D eigenvalue weighted by molar-refractivity contribution is 6.02. The predicted octanol–water partition coefficient (Wildman–Crippen LogP) is 3.39. The van der Waals surface area contributed by atoms with Crippen molar-refractivity contribution in [1.29, 1.82) is 0 Å². The number of carbonyl (C=O) groups excluding carboxylic acids is 3. The lowest BCUT2D eigenvalue weighted by Gasteiger charge is -2.24. The second-order valence-electron chi connectivity index (χ2n) is 7.69. The van der Waals surface area contributed by atoms with Gasteiger partial charge in [0, 0.05) is 5.69 Å². The Labute approximate surface area is 181 Å². The standard InChI is InChI=1S/C22H30N4O5/c1-4-5-9-16(12-26(30)14-27)20(28)25-19(15(2)3)22-24-18(13-31-22)21(29)23-17-10-7-6-8-11-17/h6-8,10-11,13-16,19,30H,4-5,9,12H2,1-3H3,(H,23,29)(H,25,28)/t16-,19+/m1/s1. The number of aromatic nitrogens is 1. The predicted molar refractivity (Wildman–Crippen MR) is 114 cm³/mol. The molecular formula is C22H30N4O5. The van der Waals surface area contributed by atoms with Crippen molar-refractivity contribution in [2.45, 2.75) is 46.1 Å². The van der Waals surface area contributed by atoms with Crippen LogP contribution in [0.1, 0.15) is 62.5 Å². The summed E-state index contributed by atoms with van der Waals surface area (Å²) in [5.41, 5.74) is 0.733. The van der Waals surface area contributed by atoms with E-state index in [1.165, 1.54) is 6.26 Å². The van der Waals surface area contributed by atoms with Crippen LogP contribution in [-0.4, -0.2) is 40.0 Å². The van der Waals surface area contributed by atoms with Gasteiger partial charge in [-0.25, -0.2) is 10.0 Å². The van der Waals surface area contributed by atoms with Crippen LogP contribution in [0.2, 0.25) is 0 Å². The first-order valence-electron chi connectivity index (χ1n) is 10.4. The topological polar surface area (TPSA) is 125 Å². The number of nitrogens with zero attached hydrogens (tertiary/aromatic N) is 2. The first-order valence-corrected chi connectivity index (χ1v) is 10.4. The van der Waals surface area contributed by atoms with E-state index >= 15 is 0 Å². The Morgan fingerprint density at radius 3 is 2.58 bits per heavy atom. The molecule has 0 unspecified atom stereocenters. The number of rotatable bonds is 12. The van der Waals surface area contributed by atoms with Gasteiger partial charge in [0.2, 0.25) is 18.2 Å². The molecule has 1 heterocycles. The number of para-hydroxylation sites is 1. The molecule has 31 heavy (non-hydrogen) atoms. The number of hydroxylamine groups is 2. The minimum absolute atomic E-state index is 0.0734. The number of nitrogens with one attached hydrogen (secondary N) is 2. The van der Waals surface area contributed by atoms with Gasteiger partial charge in [-0.15, -0.1) is 0 Å². The number of hydrogen-bond donors (Lipinski definition) is 3. The van der Waals surface area contributed by atoms with E-state index in [0.717, 1.165) is 12.8 Å². The Morgan fingerprint density at radius 2 is 1.97 bits per heavy atom. The quantitative estimate of drug-likeness (QED) is 0.269. The second kappa shape index (κ2) is 11.8. The van der Waals surface area contributed by atoms with Crippen LogP contribution in [0, 0.1) is 11.8 Å². The first-order chi connectivity index (χ1) is 14.8. The summed E-state index contributed by atoms with van der Waals surface area (Å²) in [5, 5.41) is 15.6. The summed E-state index contributed by atoms with van der Waals surface area (Å²) in [6.07, 6.45) is 3.71. The zero-order valence-electron chi connectivity index (χ0n) is 18.1. The molecule has 0 radical (unpaired) electrons. The van der Waals surface area contributed by atoms with Gasteiger partial charge in [0.05, 0.1) is 12.5 Å². The Bertz CT molecular complexity index is 853. The number of carbonyl (C=O) groups is 3. The largest absolute Gasteiger partial charge is 0.446 e. The van der Waals surface area contributed by atoms with Crippen LogP contribution in [0.15, 0.2) is 41.0 Å². The minimum atomic E-state index is -0.577. The highest BCUT2D eigenvalue weighted by Crippen LogP contribution is 2.23. The van der Waals surface area contributed by atoms with Gasteiger partial charge in [0.1, 0.15) is 12.3 Å². The third-order valence-electron chi connectivity index (χ3n) is 4.82. The van der Waals surface area contributed by atoms with Crippen LogP contribution >= 0.6 is 0 Å². The van der Waals surface area contributed by atoms with Crippen molar-refractivity contribution >= 4 is 23.9 Å². The fraction of sp³-hybridized carbons (Fsp3) is 0.455. The van der Waals surface area contributed by atoms with Crippen LogP contribution in [0.4, 0.5) is 5.69 Å². The van der Waals surface area contributed by atoms with Crippen LogP contribution < -0.4 is 10.6 Å². The molecule has 168 valence electrons. The summed E-state index contributed by atoms with van der Waals surface area (Å²) in [5.74, 6) is -1.17. The summed E-state index contributed by atoms with van der Waals surface area (Å²) in [4.78, 5) is 40.3. The minimum Gasteiger partial charge on any atom is -0.446 e. The van der Waals surface area contributed by atoms with Crippen LogP contribution in [0.5, 0.6) is 0 Å². The van der Waals surface area contributed by atoms with E-state index in [4.69, 9.17) is 4.42 Å². The van der Waals surface area contributed by atoms with Gasteiger partial charge in [-0.2, -0.15) is 0 Å². The van der Waals surface area contributed by atoms with Gasteiger partial charge in [0.15, 0.2) is 5.69 Å². The van der Waals surface area contributed by atoms with Crippen LogP contribution in [-0.2, 0) is 9.59 Å². The number of benzene rings is 1. The number of amides is 3. The van der Waals surface area contributed by atoms with E-state index in [1.54, 1.807) is 24.3 Å². The number of unbranched alkanes of at least 4 members (excludes halogenated alkanes) is 1. The summed E-state index contributed by atoms with van der Waals surface area (Å²) in [6.45, 7) is 5.68. The van der Waals surface area contributed by atoms with Gasteiger partial charge < -0.3 is 15.1 Å². The number of hydrogen-bond acceptors (Lipinski definition) is 6. The summed E-state index contributed by atoms with van der Waals surface area (Å²) < 4.78 is 5.51. The average Bonchev–Trinajstić information content (AvgIpc) is 3.25. The first kappa shape index (κ1) is 24.1. The zero-order chi connectivity index (χ0) is 22.8.